The van der Waals surface area contributed by atoms with Gasteiger partial charge in [0.1, 0.15) is 0 Å². The van der Waals surface area contributed by atoms with E-state index in [4.69, 9.17) is 23.1 Å². The minimum atomic E-state index is -3.59. The van der Waals surface area contributed by atoms with Crippen LogP contribution in [0.2, 0.25) is 5.02 Å². The fourth-order valence-electron chi connectivity index (χ4n) is 2.94. The lowest BCUT2D eigenvalue weighted by atomic mass is 10.1. The zero-order valence-corrected chi connectivity index (χ0v) is 14.7. The highest BCUT2D eigenvalue weighted by molar-refractivity contribution is 7.89. The van der Waals surface area contributed by atoms with Gasteiger partial charge in [-0.25, -0.2) is 13.4 Å². The molecule has 0 bridgehead atoms. The highest BCUT2D eigenvalue weighted by atomic mass is 35.5. The molecule has 1 aliphatic heterocycles. The number of fused-ring (bicyclic) bond motifs is 1. The van der Waals surface area contributed by atoms with E-state index in [1.165, 1.54) is 16.6 Å². The van der Waals surface area contributed by atoms with Crippen LogP contribution in [0.5, 0.6) is 0 Å². The van der Waals surface area contributed by atoms with Gasteiger partial charge in [0.2, 0.25) is 10.0 Å². The Hall–Kier alpha value is -1.90. The minimum Gasteiger partial charge on any atom is -0.370 e. The summed E-state index contributed by atoms with van der Waals surface area (Å²) >= 11 is 6.15. The SMILES string of the molecule is C[C@H]1CCCN1S(=O)(=O)c1ccc2c(Cl)cnc(N=C(N)N)c2c1. The van der Waals surface area contributed by atoms with E-state index in [0.717, 1.165) is 12.8 Å². The number of aromatic nitrogens is 1. The number of rotatable bonds is 3. The van der Waals surface area contributed by atoms with E-state index in [0.29, 0.717) is 22.3 Å². The lowest BCUT2D eigenvalue weighted by molar-refractivity contribution is 0.408. The van der Waals surface area contributed by atoms with Crippen LogP contribution in [0.15, 0.2) is 34.3 Å². The monoisotopic (exact) mass is 367 g/mol. The summed E-state index contributed by atoms with van der Waals surface area (Å²) in [6.07, 6.45) is 3.16. The molecule has 1 aromatic carbocycles. The third-order valence-corrected chi connectivity index (χ3v) is 6.43. The molecule has 3 rings (SSSR count). The van der Waals surface area contributed by atoms with E-state index in [-0.39, 0.29) is 22.7 Å². The van der Waals surface area contributed by atoms with E-state index in [1.54, 1.807) is 12.1 Å². The Morgan fingerprint density at radius 2 is 2.12 bits per heavy atom. The average Bonchev–Trinajstić information content (AvgIpc) is 2.96. The smallest absolute Gasteiger partial charge is 0.243 e. The first-order valence-electron chi connectivity index (χ1n) is 7.50. The number of halogens is 1. The predicted molar refractivity (Wildman–Crippen MR) is 94.8 cm³/mol. The first kappa shape index (κ1) is 16.9. The molecule has 9 heteroatoms. The zero-order valence-electron chi connectivity index (χ0n) is 13.1. The van der Waals surface area contributed by atoms with Gasteiger partial charge in [-0.05, 0) is 31.9 Å². The summed E-state index contributed by atoms with van der Waals surface area (Å²) in [7, 11) is -3.59. The lowest BCUT2D eigenvalue weighted by Gasteiger charge is -2.21. The molecule has 0 unspecified atom stereocenters. The maximum atomic E-state index is 12.9. The maximum absolute atomic E-state index is 12.9. The number of hydrogen-bond donors (Lipinski definition) is 2. The van der Waals surface area contributed by atoms with Crippen LogP contribution >= 0.6 is 11.6 Å². The normalized spacial score (nSPS) is 18.8. The molecule has 1 fully saturated rings. The number of nitrogens with zero attached hydrogens (tertiary/aromatic N) is 3. The van der Waals surface area contributed by atoms with Crippen molar-refractivity contribution in [3.05, 3.63) is 29.4 Å². The number of pyridine rings is 1. The van der Waals surface area contributed by atoms with Crippen molar-refractivity contribution in [1.29, 1.82) is 0 Å². The summed E-state index contributed by atoms with van der Waals surface area (Å²) in [5, 5.41) is 1.53. The molecule has 1 aliphatic rings. The van der Waals surface area contributed by atoms with Crippen molar-refractivity contribution in [3.8, 4) is 0 Å². The molecule has 0 aliphatic carbocycles. The number of aliphatic imine (C=N–C) groups is 1. The first-order valence-corrected chi connectivity index (χ1v) is 9.32. The van der Waals surface area contributed by atoms with Gasteiger partial charge in [0, 0.05) is 29.6 Å². The van der Waals surface area contributed by atoms with Gasteiger partial charge >= 0.3 is 0 Å². The molecule has 2 aromatic rings. The number of benzene rings is 1. The highest BCUT2D eigenvalue weighted by Gasteiger charge is 2.32. The van der Waals surface area contributed by atoms with Crippen molar-refractivity contribution < 1.29 is 8.42 Å². The second-order valence-electron chi connectivity index (χ2n) is 5.78. The van der Waals surface area contributed by atoms with E-state index in [9.17, 15) is 8.42 Å². The van der Waals surface area contributed by atoms with Gasteiger partial charge in [-0.15, -0.1) is 0 Å². The number of sulfonamides is 1. The quantitative estimate of drug-likeness (QED) is 0.635. The number of nitrogens with two attached hydrogens (primary N) is 2. The molecule has 0 radical (unpaired) electrons. The summed E-state index contributed by atoms with van der Waals surface area (Å²) in [5.74, 6) is 0.0773. The highest BCUT2D eigenvalue weighted by Crippen LogP contribution is 2.33. The molecule has 1 atom stereocenters. The number of guanidine groups is 1. The predicted octanol–water partition coefficient (Wildman–Crippen LogP) is 1.97. The summed E-state index contributed by atoms with van der Waals surface area (Å²) < 4.78 is 27.3. The molecule has 1 aromatic heterocycles. The van der Waals surface area contributed by atoms with Crippen LogP contribution in [0.1, 0.15) is 19.8 Å². The van der Waals surface area contributed by atoms with Crippen LogP contribution in [-0.4, -0.2) is 36.3 Å². The lowest BCUT2D eigenvalue weighted by Crippen LogP contribution is -2.33. The van der Waals surface area contributed by atoms with Crippen LogP contribution in [0.25, 0.3) is 10.8 Å². The van der Waals surface area contributed by atoms with E-state index >= 15 is 0 Å². The van der Waals surface area contributed by atoms with Crippen molar-refractivity contribution in [3.63, 3.8) is 0 Å². The molecule has 1 saturated heterocycles. The summed E-state index contributed by atoms with van der Waals surface area (Å²) in [6.45, 7) is 2.44. The van der Waals surface area contributed by atoms with Gasteiger partial charge in [-0.3, -0.25) is 0 Å². The molecule has 7 nitrogen and oxygen atoms in total. The third-order valence-electron chi connectivity index (χ3n) is 4.12. The van der Waals surface area contributed by atoms with Gasteiger partial charge in [0.15, 0.2) is 11.8 Å². The Morgan fingerprint density at radius 3 is 2.75 bits per heavy atom. The Morgan fingerprint density at radius 1 is 1.38 bits per heavy atom. The Balaban J connectivity index is 2.19. The van der Waals surface area contributed by atoms with Gasteiger partial charge in [-0.1, -0.05) is 17.7 Å². The standard InChI is InChI=1S/C15H18ClN5O2S/c1-9-3-2-6-21(9)24(22,23)10-4-5-11-12(7-10)14(20-15(17)18)19-8-13(11)16/h4-5,7-9H,2-3,6H2,1H3,(H4,17,18,19,20)/t9-/m0/s1. The molecule has 128 valence electrons. The van der Waals surface area contributed by atoms with E-state index in [2.05, 4.69) is 9.98 Å². The fraction of sp³-hybridized carbons (Fsp3) is 0.333. The van der Waals surface area contributed by atoms with Crippen molar-refractivity contribution in [2.75, 3.05) is 6.54 Å². The van der Waals surface area contributed by atoms with Crippen molar-refractivity contribution >= 4 is 44.2 Å². The van der Waals surface area contributed by atoms with Crippen LogP contribution in [-0.2, 0) is 10.0 Å². The van der Waals surface area contributed by atoms with Crippen molar-refractivity contribution in [1.82, 2.24) is 9.29 Å². The fourth-order valence-corrected chi connectivity index (χ4v) is 4.88. The molecule has 2 heterocycles. The Labute approximate surface area is 145 Å². The van der Waals surface area contributed by atoms with Gasteiger partial charge in [0.05, 0.1) is 9.92 Å². The Kier molecular flexibility index (Phi) is 4.37. The molecular formula is C15H18ClN5O2S. The second-order valence-corrected chi connectivity index (χ2v) is 8.08. The average molecular weight is 368 g/mol. The first-order chi connectivity index (χ1) is 11.3. The maximum Gasteiger partial charge on any atom is 0.243 e. The van der Waals surface area contributed by atoms with E-state index < -0.39 is 10.0 Å². The summed E-state index contributed by atoms with van der Waals surface area (Å²) in [4.78, 5) is 8.23. The number of hydrogen-bond acceptors (Lipinski definition) is 4. The molecular weight excluding hydrogens is 350 g/mol. The molecule has 24 heavy (non-hydrogen) atoms. The van der Waals surface area contributed by atoms with Crippen LogP contribution in [0.4, 0.5) is 5.82 Å². The van der Waals surface area contributed by atoms with Crippen LogP contribution in [0.3, 0.4) is 0 Å². The summed E-state index contributed by atoms with van der Waals surface area (Å²) in [6, 6.07) is 4.71. The van der Waals surface area contributed by atoms with Crippen molar-refractivity contribution in [2.45, 2.75) is 30.7 Å². The largest absolute Gasteiger partial charge is 0.370 e. The zero-order chi connectivity index (χ0) is 17.5. The molecule has 0 amide bonds. The van der Waals surface area contributed by atoms with Gasteiger partial charge < -0.3 is 11.5 Å². The molecule has 0 saturated carbocycles. The summed E-state index contributed by atoms with van der Waals surface area (Å²) in [5.41, 5.74) is 10.8. The third kappa shape index (κ3) is 2.92. The second kappa shape index (κ2) is 6.19. The molecule has 4 N–H and O–H groups in total. The van der Waals surface area contributed by atoms with E-state index in [1.807, 2.05) is 6.92 Å². The van der Waals surface area contributed by atoms with Gasteiger partial charge in [0.25, 0.3) is 0 Å². The van der Waals surface area contributed by atoms with Crippen LogP contribution < -0.4 is 11.5 Å². The van der Waals surface area contributed by atoms with Gasteiger partial charge in [-0.2, -0.15) is 9.30 Å². The van der Waals surface area contributed by atoms with Crippen LogP contribution in [0, 0.1) is 0 Å². The topological polar surface area (TPSA) is 115 Å². The Bertz CT molecular complexity index is 925. The molecule has 0 spiro atoms. The van der Waals surface area contributed by atoms with Crippen molar-refractivity contribution in [2.24, 2.45) is 16.5 Å². The minimum absolute atomic E-state index is 0.0136.